The normalized spacial score (nSPS) is 9.56. The average Bonchev–Trinajstić information content (AvgIpc) is 2.25. The second-order valence-electron chi connectivity index (χ2n) is 3.16. The summed E-state index contributed by atoms with van der Waals surface area (Å²) < 4.78 is 18.1. The third kappa shape index (κ3) is 2.70. The van der Waals surface area contributed by atoms with Gasteiger partial charge in [-0.15, -0.1) is 0 Å². The maximum atomic E-state index is 13.4. The Bertz CT molecular complexity index is 451. The third-order valence-corrected chi connectivity index (χ3v) is 2.06. The van der Waals surface area contributed by atoms with Gasteiger partial charge in [-0.1, -0.05) is 0 Å². The van der Waals surface area contributed by atoms with Crippen molar-refractivity contribution >= 4 is 5.97 Å². The van der Waals surface area contributed by atoms with E-state index in [4.69, 9.17) is 15.1 Å². The zero-order chi connectivity index (χ0) is 12.1. The van der Waals surface area contributed by atoms with Gasteiger partial charge in [-0.25, -0.2) is 4.39 Å². The van der Waals surface area contributed by atoms with Crippen molar-refractivity contribution in [3.8, 4) is 11.8 Å². The van der Waals surface area contributed by atoms with Crippen LogP contribution in [-0.2, 0) is 11.2 Å². The van der Waals surface area contributed by atoms with E-state index in [0.29, 0.717) is 5.56 Å². The molecule has 0 radical (unpaired) electrons. The number of hydrogen-bond acceptors (Lipinski definition) is 3. The Morgan fingerprint density at radius 1 is 1.62 bits per heavy atom. The number of halogens is 1. The molecule has 4 nitrogen and oxygen atoms in total. The molecule has 5 heteroatoms. The second kappa shape index (κ2) is 5.12. The van der Waals surface area contributed by atoms with Crippen LogP contribution in [0.25, 0.3) is 0 Å². The summed E-state index contributed by atoms with van der Waals surface area (Å²) in [4.78, 5) is 10.4. The lowest BCUT2D eigenvalue weighted by Crippen LogP contribution is -2.00. The molecule has 0 fully saturated rings. The van der Waals surface area contributed by atoms with Gasteiger partial charge in [0.1, 0.15) is 6.07 Å². The van der Waals surface area contributed by atoms with E-state index in [1.165, 1.54) is 19.2 Å². The van der Waals surface area contributed by atoms with Gasteiger partial charge >= 0.3 is 5.97 Å². The van der Waals surface area contributed by atoms with Crippen LogP contribution in [0.1, 0.15) is 17.5 Å². The van der Waals surface area contributed by atoms with Crippen LogP contribution in [0, 0.1) is 17.1 Å². The molecule has 0 saturated heterocycles. The maximum absolute atomic E-state index is 13.4. The summed E-state index contributed by atoms with van der Waals surface area (Å²) >= 11 is 0. The first-order chi connectivity index (χ1) is 7.58. The summed E-state index contributed by atoms with van der Waals surface area (Å²) in [5, 5.41) is 17.3. The quantitative estimate of drug-likeness (QED) is 0.843. The van der Waals surface area contributed by atoms with Crippen LogP contribution >= 0.6 is 0 Å². The Labute approximate surface area is 91.9 Å². The van der Waals surface area contributed by atoms with Gasteiger partial charge in [-0.3, -0.25) is 4.79 Å². The van der Waals surface area contributed by atoms with Crippen molar-refractivity contribution in [2.75, 3.05) is 7.11 Å². The fourth-order valence-corrected chi connectivity index (χ4v) is 1.34. The highest BCUT2D eigenvalue weighted by Crippen LogP contribution is 2.24. The fourth-order valence-electron chi connectivity index (χ4n) is 1.34. The second-order valence-corrected chi connectivity index (χ2v) is 3.16. The largest absolute Gasteiger partial charge is 0.492 e. The lowest BCUT2D eigenvalue weighted by Gasteiger charge is -2.06. The lowest BCUT2D eigenvalue weighted by molar-refractivity contribution is -0.136. The van der Waals surface area contributed by atoms with Gasteiger partial charge in [-0.2, -0.15) is 5.26 Å². The molecule has 0 amide bonds. The van der Waals surface area contributed by atoms with Gasteiger partial charge in [0.15, 0.2) is 11.6 Å². The van der Waals surface area contributed by atoms with Gasteiger partial charge in [0.05, 0.1) is 12.7 Å². The van der Waals surface area contributed by atoms with Crippen LogP contribution in [0.3, 0.4) is 0 Å². The summed E-state index contributed by atoms with van der Waals surface area (Å²) in [5.41, 5.74) is 0.542. The molecular formula is C11H10FNO3. The Morgan fingerprint density at radius 2 is 2.31 bits per heavy atom. The van der Waals surface area contributed by atoms with Crippen LogP contribution in [0.4, 0.5) is 4.39 Å². The number of carbonyl (C=O) groups is 1. The van der Waals surface area contributed by atoms with E-state index in [1.807, 2.05) is 0 Å². The number of nitrogens with zero attached hydrogens (tertiary/aromatic N) is 1. The molecule has 0 aliphatic carbocycles. The Balaban J connectivity index is 3.02. The van der Waals surface area contributed by atoms with Crippen molar-refractivity contribution in [2.45, 2.75) is 12.8 Å². The van der Waals surface area contributed by atoms with E-state index in [1.54, 1.807) is 6.07 Å². The van der Waals surface area contributed by atoms with Gasteiger partial charge in [0.2, 0.25) is 0 Å². The highest BCUT2D eigenvalue weighted by atomic mass is 19.1. The maximum Gasteiger partial charge on any atom is 0.303 e. The molecule has 84 valence electrons. The van der Waals surface area contributed by atoms with Crippen molar-refractivity contribution in [1.82, 2.24) is 0 Å². The molecule has 1 rings (SSSR count). The lowest BCUT2D eigenvalue weighted by atomic mass is 10.1. The summed E-state index contributed by atoms with van der Waals surface area (Å²) in [6, 6.07) is 4.42. The molecule has 0 aromatic heterocycles. The van der Waals surface area contributed by atoms with E-state index >= 15 is 0 Å². The van der Waals surface area contributed by atoms with Crippen LogP contribution in [0.15, 0.2) is 12.1 Å². The zero-order valence-electron chi connectivity index (χ0n) is 8.66. The van der Waals surface area contributed by atoms with E-state index in [0.717, 1.165) is 0 Å². The predicted octanol–water partition coefficient (Wildman–Crippen LogP) is 1.72. The van der Waals surface area contributed by atoms with E-state index < -0.39 is 11.8 Å². The van der Waals surface area contributed by atoms with Crippen LogP contribution < -0.4 is 4.74 Å². The number of hydrogen-bond donors (Lipinski definition) is 1. The van der Waals surface area contributed by atoms with Gasteiger partial charge in [0, 0.05) is 6.42 Å². The minimum atomic E-state index is -0.963. The molecule has 1 aromatic carbocycles. The van der Waals surface area contributed by atoms with Crippen molar-refractivity contribution in [1.29, 1.82) is 5.26 Å². The molecule has 0 aliphatic rings. The summed E-state index contributed by atoms with van der Waals surface area (Å²) in [5.74, 6) is -1.72. The van der Waals surface area contributed by atoms with Crippen molar-refractivity contribution < 1.29 is 19.0 Å². The van der Waals surface area contributed by atoms with Crippen LogP contribution in [-0.4, -0.2) is 18.2 Å². The number of nitriles is 1. The molecule has 0 unspecified atom stereocenters. The minimum Gasteiger partial charge on any atom is -0.492 e. The molecule has 0 aliphatic heterocycles. The van der Waals surface area contributed by atoms with Crippen molar-refractivity contribution in [3.05, 3.63) is 29.1 Å². The van der Waals surface area contributed by atoms with Gasteiger partial charge in [0.25, 0.3) is 0 Å². The highest BCUT2D eigenvalue weighted by molar-refractivity contribution is 5.67. The number of methoxy groups -OCH3 is 1. The van der Waals surface area contributed by atoms with Gasteiger partial charge in [-0.05, 0) is 24.1 Å². The number of carboxylic acids is 1. The zero-order valence-corrected chi connectivity index (χ0v) is 8.66. The summed E-state index contributed by atoms with van der Waals surface area (Å²) in [7, 11) is 1.27. The van der Waals surface area contributed by atoms with Crippen molar-refractivity contribution in [3.63, 3.8) is 0 Å². The molecule has 0 spiro atoms. The Morgan fingerprint density at radius 3 is 2.81 bits per heavy atom. The Kier molecular flexibility index (Phi) is 3.84. The first-order valence-corrected chi connectivity index (χ1v) is 4.56. The first kappa shape index (κ1) is 12.0. The number of ether oxygens (including phenoxy) is 1. The summed E-state index contributed by atoms with van der Waals surface area (Å²) in [6.07, 6.45) is 0.0849. The molecule has 0 atom stereocenters. The number of aliphatic carboxylic acids is 1. The van der Waals surface area contributed by atoms with E-state index in [9.17, 15) is 9.18 Å². The third-order valence-electron chi connectivity index (χ3n) is 2.06. The topological polar surface area (TPSA) is 70.3 Å². The number of aryl methyl sites for hydroxylation is 1. The summed E-state index contributed by atoms with van der Waals surface area (Å²) in [6.45, 7) is 0. The molecule has 0 saturated carbocycles. The molecule has 0 heterocycles. The monoisotopic (exact) mass is 223 g/mol. The fraction of sp³-hybridized carbons (Fsp3) is 0.273. The van der Waals surface area contributed by atoms with Crippen molar-refractivity contribution in [2.24, 2.45) is 0 Å². The molecule has 0 bridgehead atoms. The van der Waals surface area contributed by atoms with Crippen LogP contribution in [0.2, 0.25) is 0 Å². The highest BCUT2D eigenvalue weighted by Gasteiger charge is 2.11. The average molecular weight is 223 g/mol. The standard InChI is InChI=1S/C11H10FNO3/c1-16-11-8(6-13)4-7(5-9(11)12)2-3-10(14)15/h4-5H,2-3H2,1H3,(H,14,15). The minimum absolute atomic E-state index is 0.0721. The number of benzene rings is 1. The first-order valence-electron chi connectivity index (χ1n) is 4.56. The molecular weight excluding hydrogens is 213 g/mol. The molecule has 1 aromatic rings. The smallest absolute Gasteiger partial charge is 0.303 e. The van der Waals surface area contributed by atoms with Gasteiger partial charge < -0.3 is 9.84 Å². The molecule has 16 heavy (non-hydrogen) atoms. The SMILES string of the molecule is COc1c(F)cc(CCC(=O)O)cc1C#N. The van der Waals surface area contributed by atoms with E-state index in [2.05, 4.69) is 0 Å². The predicted molar refractivity (Wildman–Crippen MR) is 53.6 cm³/mol. The van der Waals surface area contributed by atoms with E-state index in [-0.39, 0.29) is 24.2 Å². The Hall–Kier alpha value is -2.09. The molecule has 1 N–H and O–H groups in total. The van der Waals surface area contributed by atoms with Crippen LogP contribution in [0.5, 0.6) is 5.75 Å². The number of carboxylic acid groups (broad SMARTS) is 1. The number of rotatable bonds is 4.